The van der Waals surface area contributed by atoms with Crippen molar-refractivity contribution in [1.29, 1.82) is 0 Å². The fraction of sp³-hybridized carbons (Fsp3) is 0.688. The first-order valence-corrected chi connectivity index (χ1v) is 16.2. The van der Waals surface area contributed by atoms with Gasteiger partial charge in [-0.1, -0.05) is 4.98 Å². The van der Waals surface area contributed by atoms with Gasteiger partial charge in [0, 0.05) is 6.00 Å². The van der Waals surface area contributed by atoms with Gasteiger partial charge in [0.25, 0.3) is 19.0 Å². The second-order valence-corrected chi connectivity index (χ2v) is 13.9. The molecule has 2 saturated heterocycles. The van der Waals surface area contributed by atoms with Gasteiger partial charge in [-0.2, -0.15) is 0 Å². The van der Waals surface area contributed by atoms with Crippen LogP contribution in [0.4, 0.5) is 5.95 Å². The summed E-state index contributed by atoms with van der Waals surface area (Å²) in [6, 6.07) is -1.34. The van der Waals surface area contributed by atoms with Crippen LogP contribution in [0.15, 0.2) is 11.1 Å². The lowest BCUT2D eigenvalue weighted by Gasteiger charge is -2.22. The summed E-state index contributed by atoms with van der Waals surface area (Å²) in [5, 5.41) is 40.2. The van der Waals surface area contributed by atoms with Crippen molar-refractivity contribution in [1.82, 2.24) is 14.5 Å². The highest BCUT2D eigenvalue weighted by atomic mass is 31.3. The highest BCUT2D eigenvalue weighted by Gasteiger charge is 2.49. The third kappa shape index (κ3) is 7.23. The second-order valence-electron chi connectivity index (χ2n) is 9.16. The normalized spacial score (nSPS) is 34.3. The van der Waals surface area contributed by atoms with Crippen LogP contribution in [0.5, 0.6) is 0 Å². The van der Waals surface area contributed by atoms with Crippen molar-refractivity contribution in [3.63, 3.8) is 0 Å². The van der Waals surface area contributed by atoms with E-state index >= 15 is 0 Å². The summed E-state index contributed by atoms with van der Waals surface area (Å²) < 4.78 is 67.2. The third-order valence-corrected chi connectivity index (χ3v) is 10.5. The van der Waals surface area contributed by atoms with Crippen LogP contribution in [-0.2, 0) is 47.9 Å². The largest absolute Gasteiger partial charge is 0.478 e. The van der Waals surface area contributed by atoms with E-state index in [4.69, 9.17) is 30.6 Å². The van der Waals surface area contributed by atoms with E-state index in [2.05, 4.69) is 27.6 Å². The van der Waals surface area contributed by atoms with Crippen molar-refractivity contribution in [2.45, 2.75) is 48.9 Å². The zero-order valence-electron chi connectivity index (χ0n) is 21.3. The highest BCUT2D eigenvalue weighted by molar-refractivity contribution is 7.86. The maximum Gasteiger partial charge on any atom is 0.478 e. The fourth-order valence-corrected chi connectivity index (χ4v) is 7.89. The smallest absolute Gasteiger partial charge is 0.388 e. The molecule has 0 amide bonds. The molecule has 4 rings (SSSR count). The molecule has 0 saturated carbocycles. The number of anilines is 1. The standard InChI is InChI=1S/C16H24B2N5O16P3/c1-22-4-23(13-7(22)14(28)21-16(19)20-13)15-11(27)9(25)6(37-15)3-35-42(32,33)39-40(18,29)38-41(30,31)34-2-5-8(24)10(26)12(17)36-5/h4-6,8-12,15,24-27H,2-3H2,1H3,(H4-,19,20,21,28,30,31,32,33)/p+1/t5-,6-,8+,9?,10?,11+,12-,15-,40?/m1/s1. The topological polar surface area (TPSA) is 309 Å². The van der Waals surface area contributed by atoms with E-state index in [0.29, 0.717) is 0 Å². The van der Waals surface area contributed by atoms with E-state index in [9.17, 15) is 48.7 Å². The summed E-state index contributed by atoms with van der Waals surface area (Å²) in [4.78, 5) is 38.2. The van der Waals surface area contributed by atoms with Crippen molar-refractivity contribution in [2.24, 2.45) is 7.05 Å². The Morgan fingerprint density at radius 1 is 1.02 bits per heavy atom. The number of imidazole rings is 1. The van der Waals surface area contributed by atoms with Crippen molar-refractivity contribution in [3.05, 3.63) is 16.7 Å². The van der Waals surface area contributed by atoms with Gasteiger partial charge >= 0.3 is 21.3 Å². The number of phosphoric ester groups is 2. The van der Waals surface area contributed by atoms with Crippen molar-refractivity contribution in [3.8, 4) is 0 Å². The number of aliphatic hydroxyl groups excluding tert-OH is 4. The van der Waals surface area contributed by atoms with Crippen LogP contribution in [0.2, 0.25) is 0 Å². The molecule has 26 heteroatoms. The van der Waals surface area contributed by atoms with Crippen LogP contribution < -0.4 is 15.9 Å². The minimum absolute atomic E-state index is 0.0300. The number of rotatable bonds is 11. The van der Waals surface area contributed by atoms with Gasteiger partial charge in [-0.25, -0.2) is 22.3 Å². The van der Waals surface area contributed by atoms with Gasteiger partial charge in [-0.15, -0.1) is 0 Å². The number of fused-ring (bicyclic) bond motifs is 1. The molecule has 2 aliphatic heterocycles. The number of aryl methyl sites for hydroxylation is 1. The number of aromatic nitrogens is 4. The van der Waals surface area contributed by atoms with Crippen molar-refractivity contribution >= 4 is 55.6 Å². The first-order chi connectivity index (χ1) is 19.3. The molecular weight excluding hydrogens is 633 g/mol. The van der Waals surface area contributed by atoms with Crippen LogP contribution >= 0.6 is 23.1 Å². The number of aromatic amines is 1. The average Bonchev–Trinajstić information content (AvgIpc) is 3.41. The molecule has 5 unspecified atom stereocenters. The molecule has 0 spiro atoms. The van der Waals surface area contributed by atoms with E-state index < -0.39 is 90.7 Å². The van der Waals surface area contributed by atoms with Gasteiger partial charge in [0.2, 0.25) is 19.3 Å². The summed E-state index contributed by atoms with van der Waals surface area (Å²) in [5.41, 5.74) is 4.99. The Morgan fingerprint density at radius 3 is 2.07 bits per heavy atom. The lowest BCUT2D eigenvalue weighted by molar-refractivity contribution is -0.745. The zero-order chi connectivity index (χ0) is 31.4. The van der Waals surface area contributed by atoms with Crippen molar-refractivity contribution in [2.75, 3.05) is 18.9 Å². The minimum atomic E-state index is -5.48. The van der Waals surface area contributed by atoms with E-state index in [0.717, 1.165) is 0 Å². The maximum absolute atomic E-state index is 12.3. The summed E-state index contributed by atoms with van der Waals surface area (Å²) in [5.74, 6) is -0.252. The Hall–Kier alpha value is -1.51. The quantitative estimate of drug-likeness (QED) is 0.0646. The summed E-state index contributed by atoms with van der Waals surface area (Å²) in [6.45, 7) is -1.91. The molecule has 42 heavy (non-hydrogen) atoms. The molecule has 2 aliphatic rings. The Labute approximate surface area is 237 Å². The molecular formula is C16H25B2N5O16P3+. The number of nitrogens with zero attached hydrogens (tertiary/aromatic N) is 3. The monoisotopic (exact) mass is 658 g/mol. The minimum Gasteiger partial charge on any atom is -0.388 e. The van der Waals surface area contributed by atoms with Gasteiger partial charge in [-0.3, -0.25) is 28.0 Å². The zero-order valence-corrected chi connectivity index (χ0v) is 24.0. The number of H-pyrrole nitrogens is 1. The Balaban J connectivity index is 1.36. The first kappa shape index (κ1) is 33.4. The molecule has 4 radical (unpaired) electrons. The van der Waals surface area contributed by atoms with Crippen LogP contribution in [0, 0.1) is 0 Å². The van der Waals surface area contributed by atoms with Crippen LogP contribution in [0.3, 0.4) is 0 Å². The third-order valence-electron chi connectivity index (χ3n) is 6.04. The summed E-state index contributed by atoms with van der Waals surface area (Å²) >= 11 is 0. The fourth-order valence-electron chi connectivity index (χ4n) is 4.15. The average molecular weight is 658 g/mol. The summed E-state index contributed by atoms with van der Waals surface area (Å²) in [6.07, 6.45) is -9.60. The molecule has 0 bridgehead atoms. The predicted octanol–water partition coefficient (Wildman–Crippen LogP) is -4.09. The number of hydrogen-bond donors (Lipinski definition) is 8. The van der Waals surface area contributed by atoms with Gasteiger partial charge in [0.05, 0.1) is 26.4 Å². The number of nitrogens with one attached hydrogen (secondary N) is 1. The molecule has 0 aliphatic carbocycles. The number of ether oxygens (including phenoxy) is 2. The Kier molecular flexibility index (Phi) is 9.63. The van der Waals surface area contributed by atoms with E-state index in [1.807, 2.05) is 0 Å². The number of phosphoric acid groups is 2. The van der Waals surface area contributed by atoms with Gasteiger partial charge < -0.3 is 45.4 Å². The molecule has 2 aromatic heterocycles. The molecule has 11 atom stereocenters. The molecule has 2 fully saturated rings. The number of hydrogen-bond acceptors (Lipinski definition) is 16. The second kappa shape index (κ2) is 12.1. The first-order valence-electron chi connectivity index (χ1n) is 11.6. The van der Waals surface area contributed by atoms with Crippen LogP contribution in [0.1, 0.15) is 6.23 Å². The molecule has 4 heterocycles. The SMILES string of the molecule is [B][C@@H]1O[C@H](COP(=O)(O)OP([B])(=O)OP(=O)(O)OC[C@H]2O[C@@H]([n+]3cn(C)c4c(=O)[nH]c(N)nc43)[C@@H](O)C2O)[C@H](O)C1O. The van der Waals surface area contributed by atoms with E-state index in [-0.39, 0.29) is 17.1 Å². The Morgan fingerprint density at radius 2 is 1.55 bits per heavy atom. The molecule has 2 aromatic rings. The summed E-state index contributed by atoms with van der Waals surface area (Å²) in [7, 11) is -4.29. The molecule has 9 N–H and O–H groups in total. The van der Waals surface area contributed by atoms with Crippen LogP contribution in [0.25, 0.3) is 11.2 Å². The van der Waals surface area contributed by atoms with E-state index in [1.165, 1.54) is 22.5 Å². The van der Waals surface area contributed by atoms with E-state index in [1.54, 1.807) is 0 Å². The molecule has 230 valence electrons. The van der Waals surface area contributed by atoms with Crippen LogP contribution in [-0.4, -0.2) is 116 Å². The Bertz CT molecular complexity index is 1530. The molecule has 0 aromatic carbocycles. The number of nitrogens with two attached hydrogens (primary N) is 1. The lowest BCUT2D eigenvalue weighted by atomic mass is 9.93. The predicted molar refractivity (Wildman–Crippen MR) is 135 cm³/mol. The maximum atomic E-state index is 12.3. The number of aliphatic hydroxyl groups is 4. The number of nitrogen functional groups attached to an aromatic ring is 1. The van der Waals surface area contributed by atoms with Gasteiger partial charge in [0.1, 0.15) is 38.4 Å². The van der Waals surface area contributed by atoms with Gasteiger partial charge in [0.15, 0.2) is 6.33 Å². The van der Waals surface area contributed by atoms with Crippen molar-refractivity contribution < 1.29 is 75.6 Å². The van der Waals surface area contributed by atoms with Gasteiger partial charge in [-0.05, 0) is 0 Å². The highest BCUT2D eigenvalue weighted by Crippen LogP contribution is 2.67. The lowest BCUT2D eigenvalue weighted by Crippen LogP contribution is -2.46. The molecule has 21 nitrogen and oxygen atoms in total.